The van der Waals surface area contributed by atoms with Crippen LogP contribution in [0.4, 0.5) is 0 Å². The lowest BCUT2D eigenvalue weighted by atomic mass is 10.1. The molecule has 21 heavy (non-hydrogen) atoms. The summed E-state index contributed by atoms with van der Waals surface area (Å²) < 4.78 is 2.06. The van der Waals surface area contributed by atoms with E-state index in [2.05, 4.69) is 14.5 Å². The van der Waals surface area contributed by atoms with Gasteiger partial charge in [-0.1, -0.05) is 36.5 Å². The zero-order valence-corrected chi connectivity index (χ0v) is 12.1. The lowest BCUT2D eigenvalue weighted by molar-refractivity contribution is 0.803. The molecule has 0 aliphatic heterocycles. The van der Waals surface area contributed by atoms with Gasteiger partial charge in [-0.05, 0) is 23.8 Å². The Hall–Kier alpha value is -2.53. The standard InChI is InChI=1S/C16H14N4S/c17-15(21)13-5-3-4-12(10-13)11-20-9-8-19-16(20)14-6-1-2-7-18-14/h1-10H,11H2,(H2,17,21). The maximum Gasteiger partial charge on any atom is 0.158 e. The molecule has 0 spiro atoms. The second-order valence-electron chi connectivity index (χ2n) is 4.66. The summed E-state index contributed by atoms with van der Waals surface area (Å²) in [7, 11) is 0. The third-order valence-corrected chi connectivity index (χ3v) is 3.41. The number of thiocarbonyl (C=S) groups is 1. The predicted molar refractivity (Wildman–Crippen MR) is 86.9 cm³/mol. The molecule has 0 radical (unpaired) electrons. The van der Waals surface area contributed by atoms with Gasteiger partial charge in [0.2, 0.25) is 0 Å². The number of aromatic nitrogens is 3. The van der Waals surface area contributed by atoms with E-state index in [4.69, 9.17) is 18.0 Å². The van der Waals surface area contributed by atoms with Crippen molar-refractivity contribution in [2.24, 2.45) is 5.73 Å². The Kier molecular flexibility index (Phi) is 3.75. The molecule has 0 amide bonds. The summed E-state index contributed by atoms with van der Waals surface area (Å²) in [5, 5.41) is 0. The van der Waals surface area contributed by atoms with E-state index in [1.54, 1.807) is 12.4 Å². The fourth-order valence-corrected chi connectivity index (χ4v) is 2.31. The van der Waals surface area contributed by atoms with Crippen LogP contribution in [0.15, 0.2) is 61.1 Å². The van der Waals surface area contributed by atoms with Crippen LogP contribution in [0.5, 0.6) is 0 Å². The van der Waals surface area contributed by atoms with Gasteiger partial charge >= 0.3 is 0 Å². The summed E-state index contributed by atoms with van der Waals surface area (Å²) >= 11 is 5.02. The van der Waals surface area contributed by atoms with E-state index < -0.39 is 0 Å². The van der Waals surface area contributed by atoms with Crippen molar-refractivity contribution in [2.75, 3.05) is 0 Å². The topological polar surface area (TPSA) is 56.7 Å². The molecule has 0 fully saturated rings. The van der Waals surface area contributed by atoms with Crippen molar-refractivity contribution in [1.29, 1.82) is 0 Å². The zero-order valence-electron chi connectivity index (χ0n) is 11.3. The molecule has 5 heteroatoms. The van der Waals surface area contributed by atoms with Gasteiger partial charge in [0.15, 0.2) is 5.82 Å². The molecule has 0 saturated heterocycles. The molecule has 104 valence electrons. The number of nitrogens with zero attached hydrogens (tertiary/aromatic N) is 3. The molecule has 0 unspecified atom stereocenters. The van der Waals surface area contributed by atoms with E-state index in [-0.39, 0.29) is 0 Å². The van der Waals surface area contributed by atoms with Crippen LogP contribution < -0.4 is 5.73 Å². The van der Waals surface area contributed by atoms with E-state index in [9.17, 15) is 0 Å². The van der Waals surface area contributed by atoms with Crippen LogP contribution in [0.25, 0.3) is 11.5 Å². The minimum Gasteiger partial charge on any atom is -0.389 e. The fourth-order valence-electron chi connectivity index (χ4n) is 2.18. The van der Waals surface area contributed by atoms with E-state index in [1.165, 1.54) is 0 Å². The molecule has 2 heterocycles. The average Bonchev–Trinajstić information content (AvgIpc) is 2.96. The van der Waals surface area contributed by atoms with Gasteiger partial charge in [-0.3, -0.25) is 4.98 Å². The normalized spacial score (nSPS) is 10.5. The molecule has 3 aromatic rings. The number of hydrogen-bond donors (Lipinski definition) is 1. The number of hydrogen-bond acceptors (Lipinski definition) is 3. The van der Waals surface area contributed by atoms with Crippen molar-refractivity contribution in [1.82, 2.24) is 14.5 Å². The molecule has 0 bridgehead atoms. The monoisotopic (exact) mass is 294 g/mol. The first kappa shape index (κ1) is 13.5. The molecule has 0 aliphatic rings. The number of imidazole rings is 1. The van der Waals surface area contributed by atoms with Crippen molar-refractivity contribution in [2.45, 2.75) is 6.54 Å². The molecule has 3 rings (SSSR count). The van der Waals surface area contributed by atoms with Crippen LogP contribution in [0.2, 0.25) is 0 Å². The Balaban J connectivity index is 1.92. The fraction of sp³-hybridized carbons (Fsp3) is 0.0625. The second kappa shape index (κ2) is 5.85. The molecular weight excluding hydrogens is 280 g/mol. The quantitative estimate of drug-likeness (QED) is 0.752. The first-order valence-electron chi connectivity index (χ1n) is 6.55. The van der Waals surface area contributed by atoms with E-state index in [0.717, 1.165) is 22.6 Å². The molecular formula is C16H14N4S. The summed E-state index contributed by atoms with van der Waals surface area (Å²) in [6.07, 6.45) is 5.49. The first-order chi connectivity index (χ1) is 10.2. The third-order valence-electron chi connectivity index (χ3n) is 3.17. The summed E-state index contributed by atoms with van der Waals surface area (Å²) in [4.78, 5) is 9.14. The van der Waals surface area contributed by atoms with Crippen LogP contribution in [0.1, 0.15) is 11.1 Å². The van der Waals surface area contributed by atoms with Gasteiger partial charge in [0.05, 0.1) is 0 Å². The van der Waals surface area contributed by atoms with Gasteiger partial charge in [0.1, 0.15) is 10.7 Å². The van der Waals surface area contributed by atoms with Gasteiger partial charge in [-0.2, -0.15) is 0 Å². The van der Waals surface area contributed by atoms with Crippen LogP contribution in [-0.2, 0) is 6.54 Å². The van der Waals surface area contributed by atoms with Crippen LogP contribution >= 0.6 is 12.2 Å². The summed E-state index contributed by atoms with van der Waals surface area (Å²) in [6, 6.07) is 13.7. The average molecular weight is 294 g/mol. The van der Waals surface area contributed by atoms with Crippen molar-refractivity contribution in [3.8, 4) is 11.5 Å². The Morgan fingerprint density at radius 2 is 2.00 bits per heavy atom. The lowest BCUT2D eigenvalue weighted by Crippen LogP contribution is -2.10. The number of pyridine rings is 1. The largest absolute Gasteiger partial charge is 0.389 e. The summed E-state index contributed by atoms with van der Waals surface area (Å²) in [6.45, 7) is 0.697. The first-order valence-corrected chi connectivity index (χ1v) is 6.96. The molecule has 4 nitrogen and oxygen atoms in total. The minimum atomic E-state index is 0.410. The van der Waals surface area contributed by atoms with Crippen molar-refractivity contribution in [3.63, 3.8) is 0 Å². The van der Waals surface area contributed by atoms with Gasteiger partial charge in [-0.25, -0.2) is 4.98 Å². The molecule has 0 saturated carbocycles. The number of nitrogens with two attached hydrogens (primary N) is 1. The zero-order chi connectivity index (χ0) is 14.7. The predicted octanol–water partition coefficient (Wildman–Crippen LogP) is 2.63. The highest BCUT2D eigenvalue weighted by Crippen LogP contribution is 2.16. The van der Waals surface area contributed by atoms with Gasteiger partial charge in [-0.15, -0.1) is 0 Å². The van der Waals surface area contributed by atoms with Gasteiger partial charge < -0.3 is 10.3 Å². The summed E-state index contributed by atoms with van der Waals surface area (Å²) in [5.41, 5.74) is 8.53. The van der Waals surface area contributed by atoms with E-state index >= 15 is 0 Å². The van der Waals surface area contributed by atoms with Crippen LogP contribution in [0.3, 0.4) is 0 Å². The molecule has 0 atom stereocenters. The highest BCUT2D eigenvalue weighted by molar-refractivity contribution is 7.80. The van der Waals surface area contributed by atoms with Crippen molar-refractivity contribution < 1.29 is 0 Å². The highest BCUT2D eigenvalue weighted by atomic mass is 32.1. The Morgan fingerprint density at radius 3 is 2.76 bits per heavy atom. The molecule has 2 N–H and O–H groups in total. The Bertz CT molecular complexity index is 765. The summed E-state index contributed by atoms with van der Waals surface area (Å²) in [5.74, 6) is 0.844. The Labute approximate surface area is 128 Å². The lowest BCUT2D eigenvalue weighted by Gasteiger charge is -2.08. The van der Waals surface area contributed by atoms with Crippen LogP contribution in [0, 0.1) is 0 Å². The van der Waals surface area contributed by atoms with Crippen molar-refractivity contribution >= 4 is 17.2 Å². The maximum absolute atomic E-state index is 5.68. The minimum absolute atomic E-state index is 0.410. The van der Waals surface area contributed by atoms with E-state index in [1.807, 2.05) is 48.7 Å². The molecule has 0 aliphatic carbocycles. The maximum atomic E-state index is 5.68. The number of rotatable bonds is 4. The SMILES string of the molecule is NC(=S)c1cccc(Cn2ccnc2-c2ccccn2)c1. The second-order valence-corrected chi connectivity index (χ2v) is 5.10. The highest BCUT2D eigenvalue weighted by Gasteiger charge is 2.07. The Morgan fingerprint density at radius 1 is 1.10 bits per heavy atom. The number of benzene rings is 1. The van der Waals surface area contributed by atoms with Gasteiger partial charge in [0, 0.05) is 30.7 Å². The van der Waals surface area contributed by atoms with Crippen molar-refractivity contribution in [3.05, 3.63) is 72.2 Å². The van der Waals surface area contributed by atoms with Crippen LogP contribution in [-0.4, -0.2) is 19.5 Å². The van der Waals surface area contributed by atoms with Gasteiger partial charge in [0.25, 0.3) is 0 Å². The van der Waals surface area contributed by atoms with E-state index in [0.29, 0.717) is 11.5 Å². The third kappa shape index (κ3) is 2.98. The molecule has 2 aromatic heterocycles. The molecule has 1 aromatic carbocycles. The smallest absolute Gasteiger partial charge is 0.158 e.